The molecule has 1 aromatic heterocycles. The average molecular weight is 351 g/mol. The Morgan fingerprint density at radius 3 is 2.62 bits per heavy atom. The summed E-state index contributed by atoms with van der Waals surface area (Å²) in [6.07, 6.45) is 3.00. The highest BCUT2D eigenvalue weighted by Gasteiger charge is 2.44. The number of hydrogen-bond donors (Lipinski definition) is 1. The Morgan fingerprint density at radius 1 is 1.17 bits per heavy atom. The smallest absolute Gasteiger partial charge is 0.408 e. The van der Waals surface area contributed by atoms with Crippen LogP contribution in [0.1, 0.15) is 19.3 Å². The molecule has 1 spiro atoms. The molecule has 7 nitrogen and oxygen atoms in total. The Hall–Kier alpha value is -1.64. The van der Waals surface area contributed by atoms with Crippen molar-refractivity contribution >= 4 is 21.1 Å². The molecular formula is C16H21N3O4S. The van der Waals surface area contributed by atoms with Crippen LogP contribution in [0.25, 0.3) is 11.1 Å². The van der Waals surface area contributed by atoms with Crippen LogP contribution < -0.4 is 5.76 Å². The minimum absolute atomic E-state index is 0.115. The number of H-pyrrole nitrogens is 1. The Kier molecular flexibility index (Phi) is 3.59. The summed E-state index contributed by atoms with van der Waals surface area (Å²) >= 11 is 0. The van der Waals surface area contributed by atoms with Gasteiger partial charge in [0.25, 0.3) is 0 Å². The number of rotatable bonds is 2. The van der Waals surface area contributed by atoms with Crippen LogP contribution in [0.2, 0.25) is 0 Å². The molecule has 0 aliphatic carbocycles. The Morgan fingerprint density at radius 2 is 1.88 bits per heavy atom. The van der Waals surface area contributed by atoms with Crippen LogP contribution in [0.4, 0.5) is 0 Å². The largest absolute Gasteiger partial charge is 0.417 e. The summed E-state index contributed by atoms with van der Waals surface area (Å²) < 4.78 is 32.5. The van der Waals surface area contributed by atoms with Gasteiger partial charge in [-0.2, -0.15) is 4.31 Å². The van der Waals surface area contributed by atoms with Crippen molar-refractivity contribution in [3.63, 3.8) is 0 Å². The molecule has 0 unspecified atom stereocenters. The predicted molar refractivity (Wildman–Crippen MR) is 89.4 cm³/mol. The second-order valence-corrected chi connectivity index (χ2v) is 9.00. The summed E-state index contributed by atoms with van der Waals surface area (Å²) in [4.78, 5) is 16.2. The molecule has 0 atom stereocenters. The highest BCUT2D eigenvalue weighted by Crippen LogP contribution is 2.41. The van der Waals surface area contributed by atoms with E-state index >= 15 is 0 Å². The van der Waals surface area contributed by atoms with E-state index in [1.54, 1.807) is 10.4 Å². The molecule has 8 heteroatoms. The van der Waals surface area contributed by atoms with Crippen molar-refractivity contribution in [2.24, 2.45) is 5.41 Å². The molecule has 2 aromatic rings. The first-order valence-electron chi connectivity index (χ1n) is 8.20. The van der Waals surface area contributed by atoms with Gasteiger partial charge in [0.2, 0.25) is 10.0 Å². The van der Waals surface area contributed by atoms with E-state index in [0.29, 0.717) is 18.6 Å². The third kappa shape index (κ3) is 2.58. The third-order valence-corrected chi connectivity index (χ3v) is 7.32. The summed E-state index contributed by atoms with van der Waals surface area (Å²) in [6, 6.07) is 4.54. The maximum Gasteiger partial charge on any atom is 0.417 e. The van der Waals surface area contributed by atoms with Crippen molar-refractivity contribution in [1.29, 1.82) is 0 Å². The summed E-state index contributed by atoms with van der Waals surface area (Å²) in [7, 11) is -1.46. The number of hydrogen-bond acceptors (Lipinski definition) is 5. The van der Waals surface area contributed by atoms with E-state index < -0.39 is 15.8 Å². The van der Waals surface area contributed by atoms with Crippen LogP contribution in [0, 0.1) is 5.41 Å². The molecule has 3 heterocycles. The first kappa shape index (κ1) is 15.9. The predicted octanol–water partition coefficient (Wildman–Crippen LogP) is 1.23. The number of fused-ring (bicyclic) bond motifs is 1. The van der Waals surface area contributed by atoms with Gasteiger partial charge in [0.15, 0.2) is 5.58 Å². The molecule has 1 N–H and O–H groups in total. The lowest BCUT2D eigenvalue weighted by molar-refractivity contribution is 0.134. The molecule has 24 heavy (non-hydrogen) atoms. The molecule has 0 bridgehead atoms. The lowest BCUT2D eigenvalue weighted by atomic mass is 9.78. The van der Waals surface area contributed by atoms with Gasteiger partial charge in [-0.3, -0.25) is 4.98 Å². The summed E-state index contributed by atoms with van der Waals surface area (Å²) in [5, 5.41) is 0. The average Bonchev–Trinajstić information content (AvgIpc) is 3.13. The van der Waals surface area contributed by atoms with Crippen molar-refractivity contribution in [3.05, 3.63) is 28.7 Å². The normalized spacial score (nSPS) is 22.5. The zero-order chi connectivity index (χ0) is 16.9. The summed E-state index contributed by atoms with van der Waals surface area (Å²) in [5.74, 6) is -0.578. The number of sulfonamides is 1. The third-order valence-electron chi connectivity index (χ3n) is 5.48. The molecular weight excluding hydrogens is 330 g/mol. The highest BCUT2D eigenvalue weighted by atomic mass is 32.2. The van der Waals surface area contributed by atoms with Gasteiger partial charge in [-0.1, -0.05) is 0 Å². The second kappa shape index (κ2) is 5.44. The maximum atomic E-state index is 13.0. The number of aromatic amines is 1. The quantitative estimate of drug-likeness (QED) is 0.879. The Bertz CT molecular complexity index is 922. The number of oxazole rings is 1. The summed E-state index contributed by atoms with van der Waals surface area (Å²) in [5.41, 5.74) is 0.895. The molecule has 0 amide bonds. The minimum Gasteiger partial charge on any atom is -0.408 e. The van der Waals surface area contributed by atoms with E-state index in [1.165, 1.54) is 12.1 Å². The summed E-state index contributed by atoms with van der Waals surface area (Å²) in [6.45, 7) is 3.18. The van der Waals surface area contributed by atoms with E-state index in [1.807, 2.05) is 0 Å². The van der Waals surface area contributed by atoms with Gasteiger partial charge in [-0.05, 0) is 56.9 Å². The number of nitrogens with zero attached hydrogens (tertiary/aromatic N) is 2. The van der Waals surface area contributed by atoms with Gasteiger partial charge in [0.1, 0.15) is 0 Å². The SMILES string of the molecule is CN1CCC2(CC1)CCN(S(=O)(=O)c1ccc3[nH]c(=O)oc3c1)C2. The van der Waals surface area contributed by atoms with E-state index in [4.69, 9.17) is 4.42 Å². The molecule has 0 radical (unpaired) electrons. The molecule has 2 aliphatic heterocycles. The molecule has 2 aliphatic rings. The minimum atomic E-state index is -3.57. The monoisotopic (exact) mass is 351 g/mol. The number of nitrogens with one attached hydrogen (secondary N) is 1. The highest BCUT2D eigenvalue weighted by molar-refractivity contribution is 7.89. The van der Waals surface area contributed by atoms with Crippen molar-refractivity contribution in [3.8, 4) is 0 Å². The van der Waals surface area contributed by atoms with Gasteiger partial charge in [-0.25, -0.2) is 13.2 Å². The van der Waals surface area contributed by atoms with Crippen LogP contribution in [0.15, 0.2) is 32.3 Å². The number of likely N-dealkylation sites (tertiary alicyclic amines) is 1. The van der Waals surface area contributed by atoms with Crippen LogP contribution in [0.5, 0.6) is 0 Å². The van der Waals surface area contributed by atoms with E-state index in [9.17, 15) is 13.2 Å². The van der Waals surface area contributed by atoms with Gasteiger partial charge in [-0.15, -0.1) is 0 Å². The number of benzene rings is 1. The van der Waals surface area contributed by atoms with Crippen molar-refractivity contribution in [2.45, 2.75) is 24.2 Å². The molecule has 1 aromatic carbocycles. The molecule has 0 saturated carbocycles. The van der Waals surface area contributed by atoms with Crippen molar-refractivity contribution < 1.29 is 12.8 Å². The lowest BCUT2D eigenvalue weighted by Gasteiger charge is -2.37. The number of aromatic nitrogens is 1. The van der Waals surface area contributed by atoms with Crippen LogP contribution >= 0.6 is 0 Å². The standard InChI is InChI=1S/C16H21N3O4S/c1-18-7-4-16(5-8-18)6-9-19(11-16)24(21,22)12-2-3-13-14(10-12)23-15(20)17-13/h2-3,10H,4-9,11H2,1H3,(H,17,20). The van der Waals surface area contributed by atoms with Crippen molar-refractivity contribution in [1.82, 2.24) is 14.2 Å². The van der Waals surface area contributed by atoms with E-state index in [2.05, 4.69) is 16.9 Å². The lowest BCUT2D eigenvalue weighted by Crippen LogP contribution is -2.40. The van der Waals surface area contributed by atoms with Gasteiger partial charge in [0.05, 0.1) is 10.4 Å². The van der Waals surface area contributed by atoms with Crippen molar-refractivity contribution in [2.75, 3.05) is 33.2 Å². The molecule has 2 saturated heterocycles. The van der Waals surface area contributed by atoms with Crippen LogP contribution in [0.3, 0.4) is 0 Å². The maximum absolute atomic E-state index is 13.0. The van der Waals surface area contributed by atoms with E-state index in [0.717, 1.165) is 32.4 Å². The zero-order valence-electron chi connectivity index (χ0n) is 13.6. The molecule has 130 valence electrons. The number of piperidine rings is 1. The van der Waals surface area contributed by atoms with Gasteiger partial charge in [0, 0.05) is 19.2 Å². The fourth-order valence-electron chi connectivity index (χ4n) is 3.84. The van der Waals surface area contributed by atoms with Crippen LogP contribution in [-0.2, 0) is 10.0 Å². The van der Waals surface area contributed by atoms with Crippen LogP contribution in [-0.4, -0.2) is 55.8 Å². The first-order valence-corrected chi connectivity index (χ1v) is 9.64. The van der Waals surface area contributed by atoms with E-state index in [-0.39, 0.29) is 15.9 Å². The Labute approximate surface area is 140 Å². The second-order valence-electron chi connectivity index (χ2n) is 7.06. The van der Waals surface area contributed by atoms with Gasteiger partial charge < -0.3 is 9.32 Å². The fraction of sp³-hybridized carbons (Fsp3) is 0.562. The first-order chi connectivity index (χ1) is 11.4. The molecule has 2 fully saturated rings. The molecule has 4 rings (SSSR count). The van der Waals surface area contributed by atoms with Gasteiger partial charge >= 0.3 is 5.76 Å². The zero-order valence-corrected chi connectivity index (χ0v) is 14.4. The topological polar surface area (TPSA) is 86.6 Å². The Balaban J connectivity index is 1.61. The fourth-order valence-corrected chi connectivity index (χ4v) is 5.41.